The lowest BCUT2D eigenvalue weighted by molar-refractivity contribution is -0.134. The van der Waals surface area contributed by atoms with Crippen molar-refractivity contribution in [3.05, 3.63) is 75.5 Å². The number of nitrogens with zero attached hydrogens (tertiary/aromatic N) is 4. The predicted molar refractivity (Wildman–Crippen MR) is 150 cm³/mol. The highest BCUT2D eigenvalue weighted by Crippen LogP contribution is 2.28. The first-order valence-corrected chi connectivity index (χ1v) is 13.1. The van der Waals surface area contributed by atoms with Crippen molar-refractivity contribution in [3.8, 4) is 0 Å². The van der Waals surface area contributed by atoms with Crippen LogP contribution in [0, 0.1) is 0 Å². The molecular formula is C28H32N6O7. The van der Waals surface area contributed by atoms with E-state index in [1.165, 1.54) is 0 Å². The minimum atomic E-state index is -1.26. The summed E-state index contributed by atoms with van der Waals surface area (Å²) >= 11 is 0. The summed E-state index contributed by atoms with van der Waals surface area (Å²) in [6.45, 7) is 6.30. The molecule has 4 N–H and O–H groups in total. The van der Waals surface area contributed by atoms with E-state index in [1.54, 1.807) is 13.1 Å². The van der Waals surface area contributed by atoms with Gasteiger partial charge < -0.3 is 30.2 Å². The number of anilines is 1. The first kappa shape index (κ1) is 29.4. The summed E-state index contributed by atoms with van der Waals surface area (Å²) in [5.41, 5.74) is 5.63. The van der Waals surface area contributed by atoms with Gasteiger partial charge in [-0.15, -0.1) is 0 Å². The Hall–Kier alpha value is -4.62. The number of H-pyrrole nitrogens is 1. The molecule has 2 aliphatic rings. The third-order valence-electron chi connectivity index (χ3n) is 6.82. The fourth-order valence-electron chi connectivity index (χ4n) is 4.85. The SMILES string of the molecule is CCc1cc2ncc(CN3CCN4c5ccc(C(=O)NC)nc5COC[C@H]4C3)cc2[nH]c1=O.O=C(O)/C=C/C(=O)O. The maximum atomic E-state index is 12.2. The second-order valence-electron chi connectivity index (χ2n) is 9.60. The number of ether oxygens (including phenoxy) is 1. The van der Waals surface area contributed by atoms with Crippen molar-refractivity contribution in [1.82, 2.24) is 25.2 Å². The van der Waals surface area contributed by atoms with E-state index in [2.05, 4.69) is 30.1 Å². The largest absolute Gasteiger partial charge is 0.478 e. The lowest BCUT2D eigenvalue weighted by Crippen LogP contribution is -2.54. The summed E-state index contributed by atoms with van der Waals surface area (Å²) in [5.74, 6) is -2.71. The molecular weight excluding hydrogens is 532 g/mol. The summed E-state index contributed by atoms with van der Waals surface area (Å²) in [4.78, 5) is 60.1. The molecule has 0 bridgehead atoms. The number of piperazine rings is 1. The second kappa shape index (κ2) is 13.2. The molecule has 3 aromatic heterocycles. The number of carboxylic acids is 2. The summed E-state index contributed by atoms with van der Waals surface area (Å²) in [6.07, 6.45) is 3.70. The zero-order valence-corrected chi connectivity index (χ0v) is 22.8. The Bertz CT molecular complexity index is 1520. The maximum absolute atomic E-state index is 12.2. The lowest BCUT2D eigenvalue weighted by atomic mass is 10.1. The molecule has 13 heteroatoms. The van der Waals surface area contributed by atoms with Gasteiger partial charge in [-0.3, -0.25) is 19.5 Å². The van der Waals surface area contributed by atoms with Gasteiger partial charge in [0.15, 0.2) is 0 Å². The number of carbonyl (C=O) groups excluding carboxylic acids is 1. The van der Waals surface area contributed by atoms with Crippen LogP contribution in [0.5, 0.6) is 0 Å². The number of amides is 1. The van der Waals surface area contributed by atoms with Crippen LogP contribution in [-0.4, -0.2) is 87.2 Å². The van der Waals surface area contributed by atoms with Gasteiger partial charge in [0.25, 0.3) is 11.5 Å². The van der Waals surface area contributed by atoms with E-state index in [4.69, 9.17) is 14.9 Å². The number of aliphatic carboxylic acids is 2. The average molecular weight is 565 g/mol. The molecule has 0 aromatic carbocycles. The smallest absolute Gasteiger partial charge is 0.328 e. The van der Waals surface area contributed by atoms with Gasteiger partial charge in [-0.2, -0.15) is 0 Å². The Balaban J connectivity index is 0.000000426. The van der Waals surface area contributed by atoms with Crippen molar-refractivity contribution in [2.75, 3.05) is 38.2 Å². The summed E-state index contributed by atoms with van der Waals surface area (Å²) in [7, 11) is 1.60. The fourth-order valence-corrected chi connectivity index (χ4v) is 4.85. The number of hydrogen-bond donors (Lipinski definition) is 4. The molecule has 1 amide bonds. The fraction of sp³-hybridized carbons (Fsp3) is 0.357. The molecule has 5 rings (SSSR count). The number of hydrogen-bond acceptors (Lipinski definition) is 9. The molecule has 2 aliphatic heterocycles. The van der Waals surface area contributed by atoms with E-state index in [0.717, 1.165) is 59.7 Å². The van der Waals surface area contributed by atoms with Crippen LogP contribution in [0.2, 0.25) is 0 Å². The molecule has 5 heterocycles. The Morgan fingerprint density at radius 2 is 1.93 bits per heavy atom. The lowest BCUT2D eigenvalue weighted by Gasteiger charge is -2.41. The molecule has 0 saturated carbocycles. The van der Waals surface area contributed by atoms with Crippen molar-refractivity contribution >= 4 is 34.6 Å². The molecule has 1 atom stereocenters. The Kier molecular flexibility index (Phi) is 9.42. The van der Waals surface area contributed by atoms with Crippen LogP contribution in [0.1, 0.15) is 34.2 Å². The van der Waals surface area contributed by atoms with E-state index in [-0.39, 0.29) is 17.5 Å². The van der Waals surface area contributed by atoms with Gasteiger partial charge in [0, 0.05) is 57.1 Å². The van der Waals surface area contributed by atoms with Gasteiger partial charge in [-0.1, -0.05) is 6.92 Å². The van der Waals surface area contributed by atoms with E-state index < -0.39 is 11.9 Å². The molecule has 216 valence electrons. The molecule has 13 nitrogen and oxygen atoms in total. The number of nitrogens with one attached hydrogen (secondary N) is 2. The number of aromatic amines is 1. The third-order valence-corrected chi connectivity index (χ3v) is 6.82. The topological polar surface area (TPSA) is 178 Å². The molecule has 0 radical (unpaired) electrons. The number of carboxylic acid groups (broad SMARTS) is 2. The normalized spacial score (nSPS) is 16.7. The number of pyridine rings is 3. The predicted octanol–water partition coefficient (Wildman–Crippen LogP) is 1.17. The zero-order chi connectivity index (χ0) is 29.5. The van der Waals surface area contributed by atoms with Crippen LogP contribution >= 0.6 is 0 Å². The third kappa shape index (κ3) is 7.32. The molecule has 1 fully saturated rings. The van der Waals surface area contributed by atoms with Crippen molar-refractivity contribution < 1.29 is 29.3 Å². The van der Waals surface area contributed by atoms with Crippen LogP contribution < -0.4 is 15.8 Å². The van der Waals surface area contributed by atoms with Crippen LogP contribution in [0.15, 0.2) is 47.4 Å². The standard InChI is InChI=1S/C24H28N6O3.C4H4O4/c1-3-16-9-19-20(28-23(16)31)8-15(10-26-19)11-29-6-7-30-17(12-29)13-33-14-21-22(30)5-4-18(27-21)24(32)25-2;5-3(6)1-2-4(7)8/h4-5,8-10,17H,3,6-7,11-14H2,1-2H3,(H,25,32)(H,28,31);1-2H,(H,5,6)(H,7,8)/b;2-1+/t17-;/m1./s1. The number of fused-ring (bicyclic) bond motifs is 4. The molecule has 3 aromatic rings. The monoisotopic (exact) mass is 564 g/mol. The maximum Gasteiger partial charge on any atom is 0.328 e. The molecule has 1 saturated heterocycles. The van der Waals surface area contributed by atoms with Gasteiger partial charge in [0.2, 0.25) is 0 Å². The van der Waals surface area contributed by atoms with E-state index in [9.17, 15) is 19.2 Å². The Morgan fingerprint density at radius 1 is 1.17 bits per heavy atom. The molecule has 41 heavy (non-hydrogen) atoms. The van der Waals surface area contributed by atoms with Crippen molar-refractivity contribution in [1.29, 1.82) is 0 Å². The van der Waals surface area contributed by atoms with Gasteiger partial charge in [0.1, 0.15) is 5.69 Å². The highest BCUT2D eigenvalue weighted by atomic mass is 16.5. The molecule has 0 unspecified atom stereocenters. The van der Waals surface area contributed by atoms with Gasteiger partial charge in [-0.05, 0) is 36.2 Å². The average Bonchev–Trinajstić information content (AvgIpc) is 3.14. The number of rotatable bonds is 6. The Morgan fingerprint density at radius 3 is 2.61 bits per heavy atom. The van der Waals surface area contributed by atoms with Crippen LogP contribution in [0.3, 0.4) is 0 Å². The van der Waals surface area contributed by atoms with E-state index in [0.29, 0.717) is 37.5 Å². The minimum absolute atomic E-state index is 0.0416. The second-order valence-corrected chi connectivity index (χ2v) is 9.60. The molecule has 0 spiro atoms. The first-order valence-electron chi connectivity index (χ1n) is 13.1. The zero-order valence-electron chi connectivity index (χ0n) is 22.8. The summed E-state index contributed by atoms with van der Waals surface area (Å²) in [6, 6.07) is 7.86. The number of aryl methyl sites for hydroxylation is 1. The van der Waals surface area contributed by atoms with Crippen molar-refractivity contribution in [2.45, 2.75) is 32.5 Å². The first-order chi connectivity index (χ1) is 19.7. The number of carbonyl (C=O) groups is 3. The molecule has 0 aliphatic carbocycles. The van der Waals surface area contributed by atoms with Crippen LogP contribution in [0.4, 0.5) is 5.69 Å². The highest BCUT2D eigenvalue weighted by Gasteiger charge is 2.31. The van der Waals surface area contributed by atoms with Gasteiger partial charge >= 0.3 is 11.9 Å². The quantitative estimate of drug-likeness (QED) is 0.316. The summed E-state index contributed by atoms with van der Waals surface area (Å²) in [5, 5.41) is 18.2. The van der Waals surface area contributed by atoms with Gasteiger partial charge in [-0.25, -0.2) is 14.6 Å². The van der Waals surface area contributed by atoms with Gasteiger partial charge in [0.05, 0.1) is 41.7 Å². The van der Waals surface area contributed by atoms with Crippen molar-refractivity contribution in [3.63, 3.8) is 0 Å². The highest BCUT2D eigenvalue weighted by molar-refractivity contribution is 5.92. The van der Waals surface area contributed by atoms with E-state index in [1.807, 2.05) is 31.3 Å². The van der Waals surface area contributed by atoms with Crippen LogP contribution in [-0.2, 0) is 33.9 Å². The van der Waals surface area contributed by atoms with Crippen LogP contribution in [0.25, 0.3) is 11.0 Å². The van der Waals surface area contributed by atoms with E-state index >= 15 is 0 Å². The number of aromatic nitrogens is 3. The summed E-state index contributed by atoms with van der Waals surface area (Å²) < 4.78 is 5.94. The van der Waals surface area contributed by atoms with Crippen molar-refractivity contribution in [2.24, 2.45) is 0 Å². The minimum Gasteiger partial charge on any atom is -0.478 e. The Labute approximate surface area is 235 Å².